The van der Waals surface area contributed by atoms with E-state index in [9.17, 15) is 18.0 Å². The Balaban J connectivity index is 1.91. The van der Waals surface area contributed by atoms with Gasteiger partial charge < -0.3 is 4.84 Å². The van der Waals surface area contributed by atoms with E-state index < -0.39 is 23.0 Å². The Bertz CT molecular complexity index is 725. The first kappa shape index (κ1) is 16.4. The van der Waals surface area contributed by atoms with Gasteiger partial charge in [-0.15, -0.1) is 11.8 Å². The average Bonchev–Trinajstić information content (AvgIpc) is 3.02. The van der Waals surface area contributed by atoms with E-state index in [4.69, 9.17) is 4.84 Å². The first-order chi connectivity index (χ1) is 10.7. The SMILES string of the molecule is CC1(C)CC(SCc2c(C(F)(F)F)nc3n(c2=O)CCC3)=NO1. The largest absolute Gasteiger partial charge is 0.433 e. The van der Waals surface area contributed by atoms with Gasteiger partial charge in [0, 0.05) is 25.1 Å². The van der Waals surface area contributed by atoms with Crippen LogP contribution in [0.5, 0.6) is 0 Å². The minimum atomic E-state index is -4.64. The molecule has 9 heteroatoms. The summed E-state index contributed by atoms with van der Waals surface area (Å²) in [4.78, 5) is 21.3. The zero-order valence-corrected chi connectivity index (χ0v) is 13.6. The molecule has 0 unspecified atom stereocenters. The molecule has 0 bridgehead atoms. The predicted molar refractivity (Wildman–Crippen MR) is 80.3 cm³/mol. The van der Waals surface area contributed by atoms with Crippen molar-refractivity contribution in [1.29, 1.82) is 0 Å². The van der Waals surface area contributed by atoms with E-state index in [2.05, 4.69) is 10.1 Å². The number of aromatic nitrogens is 2. The number of oxime groups is 1. The number of nitrogens with zero attached hydrogens (tertiary/aromatic N) is 3. The zero-order valence-electron chi connectivity index (χ0n) is 12.7. The van der Waals surface area contributed by atoms with Crippen molar-refractivity contribution in [2.45, 2.75) is 57.2 Å². The molecule has 0 radical (unpaired) electrons. The Labute approximate surface area is 134 Å². The maximum atomic E-state index is 13.2. The molecule has 3 heterocycles. The van der Waals surface area contributed by atoms with Gasteiger partial charge in [0.1, 0.15) is 16.5 Å². The van der Waals surface area contributed by atoms with Gasteiger partial charge in [0.2, 0.25) is 0 Å². The molecule has 0 amide bonds. The topological polar surface area (TPSA) is 56.5 Å². The number of rotatable bonds is 2. The van der Waals surface area contributed by atoms with Crippen molar-refractivity contribution in [3.05, 3.63) is 27.4 Å². The number of alkyl halides is 3. The third-order valence-corrected chi connectivity index (χ3v) is 4.73. The van der Waals surface area contributed by atoms with Crippen LogP contribution in [-0.2, 0) is 29.7 Å². The quantitative estimate of drug-likeness (QED) is 0.825. The summed E-state index contributed by atoms with van der Waals surface area (Å²) in [5.41, 5.74) is -2.42. The molecule has 0 aromatic carbocycles. The van der Waals surface area contributed by atoms with Crippen LogP contribution >= 0.6 is 11.8 Å². The molecule has 0 spiro atoms. The minimum absolute atomic E-state index is 0.112. The summed E-state index contributed by atoms with van der Waals surface area (Å²) in [5, 5.41) is 4.46. The highest BCUT2D eigenvalue weighted by Gasteiger charge is 2.39. The zero-order chi connectivity index (χ0) is 16.8. The van der Waals surface area contributed by atoms with E-state index in [0.29, 0.717) is 30.9 Å². The van der Waals surface area contributed by atoms with E-state index in [1.165, 1.54) is 4.57 Å². The number of halogens is 3. The summed E-state index contributed by atoms with van der Waals surface area (Å²) in [6, 6.07) is 0. The lowest BCUT2D eigenvalue weighted by molar-refractivity contribution is -0.142. The van der Waals surface area contributed by atoms with Gasteiger partial charge in [-0.3, -0.25) is 9.36 Å². The van der Waals surface area contributed by atoms with Crippen molar-refractivity contribution in [1.82, 2.24) is 9.55 Å². The minimum Gasteiger partial charge on any atom is -0.389 e. The highest BCUT2D eigenvalue weighted by molar-refractivity contribution is 8.13. The maximum Gasteiger partial charge on any atom is 0.433 e. The van der Waals surface area contributed by atoms with E-state index in [1.54, 1.807) is 0 Å². The van der Waals surface area contributed by atoms with Gasteiger partial charge >= 0.3 is 6.18 Å². The van der Waals surface area contributed by atoms with E-state index in [1.807, 2.05) is 13.8 Å². The molecular formula is C14H16F3N3O2S. The molecule has 2 aliphatic heterocycles. The molecule has 0 saturated carbocycles. The lowest BCUT2D eigenvalue weighted by Gasteiger charge is -2.14. The van der Waals surface area contributed by atoms with Crippen LogP contribution in [0.15, 0.2) is 9.95 Å². The van der Waals surface area contributed by atoms with Crippen LogP contribution in [0, 0.1) is 0 Å². The Morgan fingerprint density at radius 2 is 2.13 bits per heavy atom. The smallest absolute Gasteiger partial charge is 0.389 e. The molecular weight excluding hydrogens is 331 g/mol. The molecule has 0 N–H and O–H groups in total. The molecule has 126 valence electrons. The summed E-state index contributed by atoms with van der Waals surface area (Å²) in [6.45, 7) is 4.11. The number of fused-ring (bicyclic) bond motifs is 1. The van der Waals surface area contributed by atoms with Crippen LogP contribution in [0.1, 0.15) is 43.8 Å². The lowest BCUT2D eigenvalue weighted by atomic mass is 10.1. The summed E-state index contributed by atoms with van der Waals surface area (Å²) in [6.07, 6.45) is -3.08. The highest BCUT2D eigenvalue weighted by Crippen LogP contribution is 2.34. The molecule has 1 aromatic rings. The summed E-state index contributed by atoms with van der Waals surface area (Å²) < 4.78 is 41.1. The molecule has 0 aliphatic carbocycles. The van der Waals surface area contributed by atoms with Crippen molar-refractivity contribution >= 4 is 16.8 Å². The van der Waals surface area contributed by atoms with Gasteiger partial charge in [-0.05, 0) is 20.3 Å². The Morgan fingerprint density at radius 3 is 2.74 bits per heavy atom. The fraction of sp³-hybridized carbons (Fsp3) is 0.643. The fourth-order valence-electron chi connectivity index (χ4n) is 2.66. The van der Waals surface area contributed by atoms with E-state index in [-0.39, 0.29) is 17.1 Å². The second-order valence-electron chi connectivity index (χ2n) is 6.21. The predicted octanol–water partition coefficient (Wildman–Crippen LogP) is 2.95. The van der Waals surface area contributed by atoms with Gasteiger partial charge in [0.05, 0.1) is 5.56 Å². The molecule has 0 fully saturated rings. The Hall–Kier alpha value is -1.51. The van der Waals surface area contributed by atoms with Crippen LogP contribution in [0.25, 0.3) is 0 Å². The maximum absolute atomic E-state index is 13.2. The van der Waals surface area contributed by atoms with Crippen molar-refractivity contribution in [3.63, 3.8) is 0 Å². The Kier molecular flexibility index (Phi) is 3.94. The first-order valence-corrected chi connectivity index (χ1v) is 8.23. The van der Waals surface area contributed by atoms with E-state index >= 15 is 0 Å². The second-order valence-corrected chi connectivity index (χ2v) is 7.26. The van der Waals surface area contributed by atoms with Crippen LogP contribution in [0.4, 0.5) is 13.2 Å². The van der Waals surface area contributed by atoms with Gasteiger partial charge in [0.25, 0.3) is 5.56 Å². The molecule has 0 atom stereocenters. The van der Waals surface area contributed by atoms with Gasteiger partial charge in [-0.1, -0.05) is 5.16 Å². The average molecular weight is 347 g/mol. The number of hydrogen-bond acceptors (Lipinski definition) is 5. The summed E-state index contributed by atoms with van der Waals surface area (Å²) >= 11 is 1.10. The molecule has 5 nitrogen and oxygen atoms in total. The summed E-state index contributed by atoms with van der Waals surface area (Å²) in [7, 11) is 0. The number of aryl methyl sites for hydroxylation is 1. The van der Waals surface area contributed by atoms with Crippen LogP contribution in [0.2, 0.25) is 0 Å². The highest BCUT2D eigenvalue weighted by atomic mass is 32.2. The van der Waals surface area contributed by atoms with Crippen LogP contribution in [-0.4, -0.2) is 20.2 Å². The standard InChI is InChI=1S/C14H16F3N3O2S/c1-13(2)6-10(19-22-13)23-7-8-11(14(15,16)17)18-9-4-3-5-20(9)12(8)21/h3-7H2,1-2H3. The van der Waals surface area contributed by atoms with Crippen LogP contribution < -0.4 is 5.56 Å². The van der Waals surface area contributed by atoms with Gasteiger partial charge in [0.15, 0.2) is 5.69 Å². The van der Waals surface area contributed by atoms with Gasteiger partial charge in [-0.2, -0.15) is 13.2 Å². The molecule has 1 aromatic heterocycles. The van der Waals surface area contributed by atoms with Crippen LogP contribution in [0.3, 0.4) is 0 Å². The molecule has 2 aliphatic rings. The van der Waals surface area contributed by atoms with E-state index in [0.717, 1.165) is 11.8 Å². The normalized spacial score (nSPS) is 19.4. The monoisotopic (exact) mass is 347 g/mol. The molecule has 0 saturated heterocycles. The summed E-state index contributed by atoms with van der Waals surface area (Å²) in [5.74, 6) is 0.109. The van der Waals surface area contributed by atoms with Crippen molar-refractivity contribution in [2.24, 2.45) is 5.16 Å². The molecule has 23 heavy (non-hydrogen) atoms. The third-order valence-electron chi connectivity index (χ3n) is 3.75. The Morgan fingerprint density at radius 1 is 1.39 bits per heavy atom. The number of hydrogen-bond donors (Lipinski definition) is 0. The van der Waals surface area contributed by atoms with Crippen molar-refractivity contribution in [3.8, 4) is 0 Å². The third kappa shape index (κ3) is 3.24. The molecule has 3 rings (SSSR count). The first-order valence-electron chi connectivity index (χ1n) is 7.25. The fourth-order valence-corrected chi connectivity index (χ4v) is 3.77. The van der Waals surface area contributed by atoms with Crippen molar-refractivity contribution < 1.29 is 18.0 Å². The lowest BCUT2D eigenvalue weighted by Crippen LogP contribution is -2.30. The van der Waals surface area contributed by atoms with Gasteiger partial charge in [-0.25, -0.2) is 4.98 Å². The second kappa shape index (κ2) is 5.54. The number of thioether (sulfide) groups is 1. The van der Waals surface area contributed by atoms with Crippen molar-refractivity contribution in [2.75, 3.05) is 0 Å².